The lowest BCUT2D eigenvalue weighted by molar-refractivity contribution is 0.597. The van der Waals surface area contributed by atoms with Crippen molar-refractivity contribution in [1.82, 2.24) is 0 Å². The van der Waals surface area contributed by atoms with Crippen molar-refractivity contribution >= 4 is 15.7 Å². The molecule has 0 saturated carbocycles. The number of aryl methyl sites for hydroxylation is 2. The van der Waals surface area contributed by atoms with Gasteiger partial charge in [0.05, 0.1) is 4.90 Å². The van der Waals surface area contributed by atoms with Gasteiger partial charge >= 0.3 is 0 Å². The van der Waals surface area contributed by atoms with Gasteiger partial charge in [0, 0.05) is 17.8 Å². The summed E-state index contributed by atoms with van der Waals surface area (Å²) < 4.78 is 36.4. The zero-order chi connectivity index (χ0) is 15.6. The van der Waals surface area contributed by atoms with E-state index in [0.717, 1.165) is 11.1 Å². The highest BCUT2D eigenvalue weighted by atomic mass is 32.2. The summed E-state index contributed by atoms with van der Waals surface area (Å²) in [6.07, 6.45) is 0. The topological polar surface area (TPSA) is 72.2 Å². The predicted octanol–water partition coefficient (Wildman–Crippen LogP) is 2.70. The number of nitrogens with two attached hydrogens (primary N) is 1. The molecular weight excluding hydrogens is 291 g/mol. The van der Waals surface area contributed by atoms with Crippen molar-refractivity contribution < 1.29 is 12.8 Å². The van der Waals surface area contributed by atoms with Crippen molar-refractivity contribution in [3.8, 4) is 0 Å². The summed E-state index contributed by atoms with van der Waals surface area (Å²) in [4.78, 5) is 0.0281. The Kier molecular flexibility index (Phi) is 4.29. The van der Waals surface area contributed by atoms with Gasteiger partial charge in [-0.1, -0.05) is 23.8 Å². The molecule has 0 atom stereocenters. The minimum atomic E-state index is -3.75. The van der Waals surface area contributed by atoms with Crippen LogP contribution in [0.4, 0.5) is 10.1 Å². The lowest BCUT2D eigenvalue weighted by atomic mass is 10.1. The lowest BCUT2D eigenvalue weighted by Crippen LogP contribution is -2.13. The number of anilines is 1. The van der Waals surface area contributed by atoms with E-state index in [9.17, 15) is 12.8 Å². The van der Waals surface area contributed by atoms with Crippen LogP contribution in [-0.2, 0) is 16.6 Å². The first-order chi connectivity index (χ1) is 9.77. The Morgan fingerprint density at radius 1 is 1.14 bits per heavy atom. The van der Waals surface area contributed by atoms with Crippen LogP contribution in [0.15, 0.2) is 41.3 Å². The Morgan fingerprint density at radius 2 is 1.86 bits per heavy atom. The van der Waals surface area contributed by atoms with Gasteiger partial charge in [0.2, 0.25) is 10.0 Å². The van der Waals surface area contributed by atoms with Gasteiger partial charge in [-0.05, 0) is 37.6 Å². The largest absolute Gasteiger partial charge is 0.381 e. The summed E-state index contributed by atoms with van der Waals surface area (Å²) in [5.74, 6) is -0.298. The molecule has 3 N–H and O–H groups in total. The molecule has 4 nitrogen and oxygen atoms in total. The Labute approximate surface area is 123 Å². The number of nitrogens with one attached hydrogen (secondary N) is 1. The molecule has 6 heteroatoms. The number of sulfonamides is 1. The highest BCUT2D eigenvalue weighted by molar-refractivity contribution is 7.89. The molecule has 2 aromatic carbocycles. The van der Waals surface area contributed by atoms with Crippen LogP contribution in [0.1, 0.15) is 16.7 Å². The quantitative estimate of drug-likeness (QED) is 0.912. The molecule has 0 saturated heterocycles. The molecule has 2 aromatic rings. The summed E-state index contributed by atoms with van der Waals surface area (Å²) in [6.45, 7) is 3.99. The van der Waals surface area contributed by atoms with Gasteiger partial charge in [0.25, 0.3) is 0 Å². The van der Waals surface area contributed by atoms with Crippen LogP contribution in [0.3, 0.4) is 0 Å². The molecule has 0 heterocycles. The molecule has 0 radical (unpaired) electrons. The fourth-order valence-corrected chi connectivity index (χ4v) is 2.54. The molecule has 0 amide bonds. The van der Waals surface area contributed by atoms with Crippen molar-refractivity contribution in [2.24, 2.45) is 5.14 Å². The molecule has 0 aliphatic rings. The van der Waals surface area contributed by atoms with Crippen LogP contribution in [0.25, 0.3) is 0 Å². The lowest BCUT2D eigenvalue weighted by Gasteiger charge is -2.12. The van der Waals surface area contributed by atoms with Gasteiger partial charge in [-0.15, -0.1) is 0 Å². The highest BCUT2D eigenvalue weighted by Crippen LogP contribution is 2.21. The third-order valence-corrected chi connectivity index (χ3v) is 4.12. The zero-order valence-corrected chi connectivity index (χ0v) is 12.7. The monoisotopic (exact) mass is 308 g/mol. The number of hydrogen-bond donors (Lipinski definition) is 2. The number of rotatable bonds is 4. The van der Waals surface area contributed by atoms with Gasteiger partial charge in [-0.2, -0.15) is 0 Å². The second-order valence-electron chi connectivity index (χ2n) is 4.97. The maximum atomic E-state index is 13.7. The minimum Gasteiger partial charge on any atom is -0.381 e. The minimum absolute atomic E-state index is 0.0281. The molecular formula is C15H17FN2O2S. The summed E-state index contributed by atoms with van der Waals surface area (Å²) in [7, 11) is -3.75. The number of benzene rings is 2. The van der Waals surface area contributed by atoms with E-state index in [1.54, 1.807) is 18.2 Å². The molecule has 0 fully saturated rings. The zero-order valence-electron chi connectivity index (χ0n) is 11.9. The Morgan fingerprint density at radius 3 is 2.52 bits per heavy atom. The summed E-state index contributed by atoms with van der Waals surface area (Å²) in [5, 5.41) is 8.16. The number of hydrogen-bond acceptors (Lipinski definition) is 3. The maximum absolute atomic E-state index is 13.7. The molecule has 0 bridgehead atoms. The number of halogens is 1. The summed E-state index contributed by atoms with van der Waals surface area (Å²) in [5.41, 5.74) is 2.96. The van der Waals surface area contributed by atoms with Gasteiger partial charge in [0.15, 0.2) is 0 Å². The maximum Gasteiger partial charge on any atom is 0.238 e. The van der Waals surface area contributed by atoms with Gasteiger partial charge < -0.3 is 5.32 Å². The molecule has 0 aliphatic heterocycles. The van der Waals surface area contributed by atoms with Crippen LogP contribution in [-0.4, -0.2) is 8.42 Å². The van der Waals surface area contributed by atoms with Crippen molar-refractivity contribution in [2.75, 3.05) is 5.32 Å². The Balaban J connectivity index is 2.26. The highest BCUT2D eigenvalue weighted by Gasteiger charge is 2.10. The van der Waals surface area contributed by atoms with E-state index in [2.05, 4.69) is 5.32 Å². The smallest absolute Gasteiger partial charge is 0.238 e. The first-order valence-electron chi connectivity index (χ1n) is 6.40. The summed E-state index contributed by atoms with van der Waals surface area (Å²) >= 11 is 0. The fraction of sp³-hybridized carbons (Fsp3) is 0.200. The molecule has 0 aliphatic carbocycles. The fourth-order valence-electron chi connectivity index (χ4n) is 2.00. The second kappa shape index (κ2) is 5.83. The molecule has 0 unspecified atom stereocenters. The van der Waals surface area contributed by atoms with E-state index >= 15 is 0 Å². The standard InChI is InChI=1S/C15H17FN2O2S/c1-10-3-6-14(16)12(7-10)9-18-15-8-13(21(17,19)20)5-4-11(15)2/h3-8,18H,9H2,1-2H3,(H2,17,19,20). The van der Waals surface area contributed by atoms with Gasteiger partial charge in [-0.25, -0.2) is 17.9 Å². The first-order valence-corrected chi connectivity index (χ1v) is 7.94. The van der Waals surface area contributed by atoms with Crippen LogP contribution in [0.2, 0.25) is 0 Å². The summed E-state index contributed by atoms with van der Waals surface area (Å²) in [6, 6.07) is 9.43. The van der Waals surface area contributed by atoms with Crippen LogP contribution < -0.4 is 10.5 Å². The van der Waals surface area contributed by atoms with Crippen LogP contribution in [0, 0.1) is 19.7 Å². The van der Waals surface area contributed by atoms with Crippen molar-refractivity contribution in [1.29, 1.82) is 0 Å². The van der Waals surface area contributed by atoms with E-state index in [1.165, 1.54) is 18.2 Å². The van der Waals surface area contributed by atoms with E-state index in [-0.39, 0.29) is 17.3 Å². The van der Waals surface area contributed by atoms with Crippen molar-refractivity contribution in [2.45, 2.75) is 25.3 Å². The molecule has 0 aromatic heterocycles. The third kappa shape index (κ3) is 3.80. The van der Waals surface area contributed by atoms with E-state index in [4.69, 9.17) is 5.14 Å². The molecule has 112 valence electrons. The van der Waals surface area contributed by atoms with Crippen molar-refractivity contribution in [3.05, 3.63) is 58.9 Å². The van der Waals surface area contributed by atoms with E-state index < -0.39 is 10.0 Å². The van der Waals surface area contributed by atoms with Gasteiger partial charge in [0.1, 0.15) is 5.82 Å². The predicted molar refractivity (Wildman–Crippen MR) is 81.0 cm³/mol. The Bertz CT molecular complexity index is 773. The first kappa shape index (κ1) is 15.5. The normalized spacial score (nSPS) is 11.4. The number of primary sulfonamides is 1. The van der Waals surface area contributed by atoms with E-state index in [1.807, 2.05) is 13.8 Å². The third-order valence-electron chi connectivity index (χ3n) is 3.21. The average molecular weight is 308 g/mol. The van der Waals surface area contributed by atoms with Crippen molar-refractivity contribution in [3.63, 3.8) is 0 Å². The molecule has 21 heavy (non-hydrogen) atoms. The second-order valence-corrected chi connectivity index (χ2v) is 6.53. The van der Waals surface area contributed by atoms with E-state index in [0.29, 0.717) is 11.3 Å². The van der Waals surface area contributed by atoms with Crippen LogP contribution >= 0.6 is 0 Å². The average Bonchev–Trinajstić information content (AvgIpc) is 2.40. The molecule has 2 rings (SSSR count). The SMILES string of the molecule is Cc1ccc(F)c(CNc2cc(S(N)(=O)=O)ccc2C)c1. The molecule has 0 spiro atoms. The van der Waals surface area contributed by atoms with Gasteiger partial charge in [-0.3, -0.25) is 0 Å². The van der Waals surface area contributed by atoms with Crippen LogP contribution in [0.5, 0.6) is 0 Å². The Hall–Kier alpha value is -1.92.